The summed E-state index contributed by atoms with van der Waals surface area (Å²) >= 11 is 3.32. The normalized spacial score (nSPS) is 19.9. The lowest BCUT2D eigenvalue weighted by atomic mass is 9.97. The van der Waals surface area contributed by atoms with Crippen molar-refractivity contribution < 1.29 is 4.79 Å². The van der Waals surface area contributed by atoms with Crippen LogP contribution >= 0.6 is 23.1 Å². The van der Waals surface area contributed by atoms with Crippen LogP contribution in [0.4, 0.5) is 0 Å². The van der Waals surface area contributed by atoms with E-state index < -0.39 is 0 Å². The number of aromatic amines is 1. The fourth-order valence-corrected chi connectivity index (χ4v) is 5.85. The molecule has 0 aromatic carbocycles. The van der Waals surface area contributed by atoms with Gasteiger partial charge >= 0.3 is 0 Å². The van der Waals surface area contributed by atoms with E-state index in [4.69, 9.17) is 5.73 Å². The molecule has 6 nitrogen and oxygen atoms in total. The highest BCUT2D eigenvalue weighted by Crippen LogP contribution is 2.33. The summed E-state index contributed by atoms with van der Waals surface area (Å²) in [6.07, 6.45) is 5.84. The number of hydrogen-bond donors (Lipinski definition) is 2. The minimum absolute atomic E-state index is 0.00729. The van der Waals surface area contributed by atoms with Crippen LogP contribution in [0.15, 0.2) is 4.79 Å². The first-order valence-corrected chi connectivity index (χ1v) is 11.2. The molecule has 26 heavy (non-hydrogen) atoms. The summed E-state index contributed by atoms with van der Waals surface area (Å²) in [7, 11) is 0. The summed E-state index contributed by atoms with van der Waals surface area (Å²) in [5.41, 5.74) is 7.06. The summed E-state index contributed by atoms with van der Waals surface area (Å²) in [5, 5.41) is 0.805. The van der Waals surface area contributed by atoms with Gasteiger partial charge in [0.25, 0.3) is 5.56 Å². The second kappa shape index (κ2) is 7.70. The monoisotopic (exact) mass is 392 g/mol. The van der Waals surface area contributed by atoms with Gasteiger partial charge in [0.2, 0.25) is 5.91 Å². The molecule has 1 aliphatic heterocycles. The van der Waals surface area contributed by atoms with Gasteiger partial charge in [-0.2, -0.15) is 11.8 Å². The number of nitrogens with one attached hydrogen (secondary N) is 1. The highest BCUT2D eigenvalue weighted by molar-refractivity contribution is 7.98. The fraction of sp³-hybridized carbons (Fsp3) is 0.611. The van der Waals surface area contributed by atoms with Crippen molar-refractivity contribution in [1.29, 1.82) is 0 Å². The van der Waals surface area contributed by atoms with Gasteiger partial charge in [-0.1, -0.05) is 0 Å². The first-order valence-electron chi connectivity index (χ1n) is 9.26. The molecule has 0 unspecified atom stereocenters. The van der Waals surface area contributed by atoms with Crippen molar-refractivity contribution in [2.45, 2.75) is 50.3 Å². The van der Waals surface area contributed by atoms with E-state index in [0.717, 1.165) is 48.2 Å². The van der Waals surface area contributed by atoms with Crippen LogP contribution in [0.25, 0.3) is 10.2 Å². The molecule has 1 amide bonds. The molecular formula is C18H24N4O2S2. The van der Waals surface area contributed by atoms with Crippen LogP contribution in [0.5, 0.6) is 0 Å². The number of aryl methyl sites for hydroxylation is 2. The number of nitrogens with zero attached hydrogens (tertiary/aromatic N) is 2. The Hall–Kier alpha value is -1.38. The van der Waals surface area contributed by atoms with E-state index in [1.807, 2.05) is 4.90 Å². The number of likely N-dealkylation sites (tertiary alicyclic amines) is 1. The SMILES string of the molecule is N[C@@H]1CCN(C(=O)CCSCc2nc3sc4c(c3c(=O)[nH]2)CCCC4)C1. The predicted molar refractivity (Wildman–Crippen MR) is 107 cm³/mol. The number of aromatic nitrogens is 2. The number of amides is 1. The van der Waals surface area contributed by atoms with E-state index in [-0.39, 0.29) is 17.5 Å². The quantitative estimate of drug-likeness (QED) is 0.760. The average Bonchev–Trinajstić information content (AvgIpc) is 3.22. The Bertz CT molecular complexity index is 876. The number of thiophene rings is 1. The van der Waals surface area contributed by atoms with Gasteiger partial charge in [-0.3, -0.25) is 9.59 Å². The minimum Gasteiger partial charge on any atom is -0.341 e. The number of carbonyl (C=O) groups excluding carboxylic acids is 1. The molecule has 1 fully saturated rings. The zero-order valence-corrected chi connectivity index (χ0v) is 16.4. The Morgan fingerprint density at radius 1 is 1.38 bits per heavy atom. The summed E-state index contributed by atoms with van der Waals surface area (Å²) in [5.74, 6) is 2.24. The van der Waals surface area contributed by atoms with Gasteiger partial charge in [-0.05, 0) is 37.7 Å². The maximum atomic E-state index is 12.5. The van der Waals surface area contributed by atoms with Crippen molar-refractivity contribution >= 4 is 39.2 Å². The van der Waals surface area contributed by atoms with Crippen LogP contribution < -0.4 is 11.3 Å². The van der Waals surface area contributed by atoms with Crippen LogP contribution in [-0.4, -0.2) is 45.7 Å². The third-order valence-electron chi connectivity index (χ3n) is 5.15. The molecule has 8 heteroatoms. The number of thioether (sulfide) groups is 1. The molecule has 2 aromatic heterocycles. The van der Waals surface area contributed by atoms with Crippen LogP contribution in [0.2, 0.25) is 0 Å². The number of rotatable bonds is 5. The molecule has 3 N–H and O–H groups in total. The minimum atomic E-state index is -0.00729. The van der Waals surface area contributed by atoms with Crippen molar-refractivity contribution in [3.05, 3.63) is 26.6 Å². The van der Waals surface area contributed by atoms with E-state index in [1.54, 1.807) is 23.1 Å². The number of nitrogens with two attached hydrogens (primary N) is 1. The van der Waals surface area contributed by atoms with Crippen molar-refractivity contribution in [2.75, 3.05) is 18.8 Å². The molecular weight excluding hydrogens is 368 g/mol. The van der Waals surface area contributed by atoms with Gasteiger partial charge in [0, 0.05) is 36.2 Å². The van der Waals surface area contributed by atoms with E-state index in [1.165, 1.54) is 16.9 Å². The summed E-state index contributed by atoms with van der Waals surface area (Å²) in [4.78, 5) is 36.3. The molecule has 4 rings (SSSR count). The van der Waals surface area contributed by atoms with Gasteiger partial charge in [-0.15, -0.1) is 11.3 Å². The molecule has 140 valence electrons. The third-order valence-corrected chi connectivity index (χ3v) is 7.31. The van der Waals surface area contributed by atoms with E-state index in [0.29, 0.717) is 24.5 Å². The number of H-pyrrole nitrogens is 1. The lowest BCUT2D eigenvalue weighted by Crippen LogP contribution is -2.32. The maximum absolute atomic E-state index is 12.5. The molecule has 1 aliphatic carbocycles. The predicted octanol–water partition coefficient (Wildman–Crippen LogP) is 2.05. The second-order valence-electron chi connectivity index (χ2n) is 7.09. The van der Waals surface area contributed by atoms with Crippen LogP contribution in [0, 0.1) is 0 Å². The summed E-state index contributed by atoms with van der Waals surface area (Å²) in [6, 6.07) is 0.129. The molecule has 2 aliphatic rings. The lowest BCUT2D eigenvalue weighted by molar-refractivity contribution is -0.129. The smallest absolute Gasteiger partial charge is 0.259 e. The molecule has 0 bridgehead atoms. The fourth-order valence-electron chi connectivity index (χ4n) is 3.78. The van der Waals surface area contributed by atoms with Crippen LogP contribution in [0.3, 0.4) is 0 Å². The summed E-state index contributed by atoms with van der Waals surface area (Å²) in [6.45, 7) is 1.46. The highest BCUT2D eigenvalue weighted by Gasteiger charge is 2.23. The second-order valence-corrected chi connectivity index (χ2v) is 9.28. The Labute approximate surface area is 160 Å². The van der Waals surface area contributed by atoms with Gasteiger partial charge in [0.05, 0.1) is 11.1 Å². The van der Waals surface area contributed by atoms with Crippen molar-refractivity contribution in [1.82, 2.24) is 14.9 Å². The van der Waals surface area contributed by atoms with Crippen molar-refractivity contribution in [2.24, 2.45) is 5.73 Å². The molecule has 0 spiro atoms. The zero-order valence-electron chi connectivity index (χ0n) is 14.8. The molecule has 0 saturated carbocycles. The number of hydrogen-bond acceptors (Lipinski definition) is 6. The topological polar surface area (TPSA) is 92.1 Å². The van der Waals surface area contributed by atoms with E-state index >= 15 is 0 Å². The molecule has 3 heterocycles. The molecule has 1 atom stereocenters. The van der Waals surface area contributed by atoms with Gasteiger partial charge in [-0.25, -0.2) is 4.98 Å². The first-order chi connectivity index (χ1) is 12.6. The number of fused-ring (bicyclic) bond motifs is 3. The molecule has 2 aromatic rings. The van der Waals surface area contributed by atoms with Gasteiger partial charge in [0.15, 0.2) is 0 Å². The Morgan fingerprint density at radius 2 is 2.23 bits per heavy atom. The Balaban J connectivity index is 1.36. The van der Waals surface area contributed by atoms with Crippen molar-refractivity contribution in [3.63, 3.8) is 0 Å². The van der Waals surface area contributed by atoms with Crippen LogP contribution in [0.1, 0.15) is 41.9 Å². The Morgan fingerprint density at radius 3 is 3.04 bits per heavy atom. The largest absolute Gasteiger partial charge is 0.341 e. The number of carbonyl (C=O) groups is 1. The summed E-state index contributed by atoms with van der Waals surface area (Å²) < 4.78 is 0. The Kier molecular flexibility index (Phi) is 5.33. The third kappa shape index (κ3) is 3.68. The molecule has 1 saturated heterocycles. The van der Waals surface area contributed by atoms with Crippen molar-refractivity contribution in [3.8, 4) is 0 Å². The van der Waals surface area contributed by atoms with E-state index in [2.05, 4.69) is 9.97 Å². The maximum Gasteiger partial charge on any atom is 0.259 e. The van der Waals surface area contributed by atoms with E-state index in [9.17, 15) is 9.59 Å². The van der Waals surface area contributed by atoms with Gasteiger partial charge in [0.1, 0.15) is 10.7 Å². The van der Waals surface area contributed by atoms with Crippen LogP contribution in [-0.2, 0) is 23.4 Å². The highest BCUT2D eigenvalue weighted by atomic mass is 32.2. The first kappa shape index (κ1) is 18.0. The molecule has 0 radical (unpaired) electrons. The zero-order chi connectivity index (χ0) is 18.1. The standard InChI is InChI=1S/C18H24N4O2S2/c19-11-5-7-22(9-11)15(23)6-8-25-10-14-20-17(24)16-12-3-1-2-4-13(12)26-18(16)21-14/h11H,1-10,19H2,(H,20,21,24)/t11-/m1/s1. The lowest BCUT2D eigenvalue weighted by Gasteiger charge is -2.15. The average molecular weight is 393 g/mol. The van der Waals surface area contributed by atoms with Gasteiger partial charge < -0.3 is 15.6 Å².